The van der Waals surface area contributed by atoms with E-state index >= 15 is 0 Å². The monoisotopic (exact) mass is 262 g/mol. The van der Waals surface area contributed by atoms with Crippen LogP contribution in [0.1, 0.15) is 25.3 Å². The van der Waals surface area contributed by atoms with Crippen molar-refractivity contribution in [3.05, 3.63) is 16.6 Å². The Morgan fingerprint density at radius 2 is 2.38 bits per heavy atom. The third-order valence-corrected chi connectivity index (χ3v) is 3.10. The first-order valence-corrected chi connectivity index (χ1v) is 6.33. The maximum atomic E-state index is 4.22. The van der Waals surface area contributed by atoms with Gasteiger partial charge in [0, 0.05) is 29.0 Å². The molecule has 1 rings (SSSR count). The van der Waals surface area contributed by atoms with Crippen LogP contribution in [0.4, 0.5) is 0 Å². The Morgan fingerprint density at radius 1 is 1.62 bits per heavy atom. The van der Waals surface area contributed by atoms with Crippen molar-refractivity contribution >= 4 is 27.3 Å². The van der Waals surface area contributed by atoms with Crippen LogP contribution < -0.4 is 5.32 Å². The number of aromatic nitrogens is 1. The van der Waals surface area contributed by atoms with Crippen molar-refractivity contribution < 1.29 is 0 Å². The van der Waals surface area contributed by atoms with Crippen molar-refractivity contribution in [1.82, 2.24) is 10.3 Å². The van der Waals surface area contributed by atoms with Crippen LogP contribution in [-0.4, -0.2) is 15.9 Å². The van der Waals surface area contributed by atoms with E-state index in [2.05, 4.69) is 40.1 Å². The number of rotatable bonds is 5. The van der Waals surface area contributed by atoms with E-state index in [1.54, 1.807) is 11.3 Å². The fraction of sp³-hybridized carbons (Fsp3) is 0.667. The summed E-state index contributed by atoms with van der Waals surface area (Å²) in [5, 5.41) is 7.68. The van der Waals surface area contributed by atoms with Gasteiger partial charge in [0.1, 0.15) is 5.01 Å². The Hall–Kier alpha value is 0.0700. The summed E-state index contributed by atoms with van der Waals surface area (Å²) in [6.45, 7) is 5.29. The number of alkyl halides is 1. The number of halogens is 1. The third-order valence-electron chi connectivity index (χ3n) is 1.92. The van der Waals surface area contributed by atoms with Crippen LogP contribution in [0.15, 0.2) is 11.6 Å². The molecule has 0 bridgehead atoms. The van der Waals surface area contributed by atoms with Crippen LogP contribution in [0, 0.1) is 0 Å². The highest BCUT2D eigenvalue weighted by molar-refractivity contribution is 9.09. The van der Waals surface area contributed by atoms with E-state index in [1.165, 1.54) is 0 Å². The van der Waals surface area contributed by atoms with Crippen LogP contribution in [0.25, 0.3) is 0 Å². The van der Waals surface area contributed by atoms with Gasteiger partial charge >= 0.3 is 0 Å². The molecule has 4 heteroatoms. The topological polar surface area (TPSA) is 24.9 Å². The van der Waals surface area contributed by atoms with E-state index < -0.39 is 0 Å². The van der Waals surface area contributed by atoms with Crippen LogP contribution in [0.2, 0.25) is 0 Å². The Bertz CT molecular complexity index is 234. The summed E-state index contributed by atoms with van der Waals surface area (Å²) in [6, 6.07) is 0. The fourth-order valence-corrected chi connectivity index (χ4v) is 2.53. The minimum Gasteiger partial charge on any atom is -0.305 e. The lowest BCUT2D eigenvalue weighted by Gasteiger charge is -2.24. The molecule has 1 N–H and O–H groups in total. The van der Waals surface area contributed by atoms with Crippen molar-refractivity contribution in [1.29, 1.82) is 0 Å². The second-order valence-electron chi connectivity index (χ2n) is 3.60. The van der Waals surface area contributed by atoms with Gasteiger partial charge in [0.2, 0.25) is 0 Å². The molecule has 74 valence electrons. The molecule has 0 fully saturated rings. The lowest BCUT2D eigenvalue weighted by molar-refractivity contribution is 0.378. The summed E-state index contributed by atoms with van der Waals surface area (Å²) in [4.78, 5) is 4.22. The molecule has 0 atom stereocenters. The number of nitrogens with one attached hydrogen (secondary N) is 1. The van der Waals surface area contributed by atoms with E-state index in [-0.39, 0.29) is 5.54 Å². The lowest BCUT2D eigenvalue weighted by Crippen LogP contribution is -2.38. The molecule has 2 nitrogen and oxygen atoms in total. The maximum Gasteiger partial charge on any atom is 0.106 e. The summed E-state index contributed by atoms with van der Waals surface area (Å²) < 4.78 is 0. The van der Waals surface area contributed by atoms with Gasteiger partial charge in [-0.3, -0.25) is 0 Å². The van der Waals surface area contributed by atoms with Crippen LogP contribution in [-0.2, 0) is 6.54 Å². The summed E-state index contributed by atoms with van der Waals surface area (Å²) in [6.07, 6.45) is 2.97. The molecule has 0 radical (unpaired) electrons. The second-order valence-corrected chi connectivity index (χ2v) is 5.37. The molecule has 13 heavy (non-hydrogen) atoms. The first-order valence-electron chi connectivity index (χ1n) is 4.33. The van der Waals surface area contributed by atoms with E-state index in [0.717, 1.165) is 23.3 Å². The van der Waals surface area contributed by atoms with Gasteiger partial charge in [-0.15, -0.1) is 11.3 Å². The molecule has 1 aromatic rings. The molecule has 0 saturated heterocycles. The van der Waals surface area contributed by atoms with Gasteiger partial charge in [0.05, 0.1) is 0 Å². The first kappa shape index (κ1) is 11.1. The van der Waals surface area contributed by atoms with Crippen molar-refractivity contribution in [2.45, 2.75) is 32.4 Å². The molecule has 0 aromatic carbocycles. The SMILES string of the molecule is CC(C)(CCBr)NCc1nccs1. The fourth-order valence-electron chi connectivity index (χ4n) is 0.980. The molecule has 0 aliphatic heterocycles. The zero-order valence-corrected chi connectivity index (χ0v) is 10.4. The highest BCUT2D eigenvalue weighted by Gasteiger charge is 2.15. The Kier molecular flexibility index (Phi) is 4.35. The average Bonchev–Trinajstić information content (AvgIpc) is 2.52. The number of hydrogen-bond acceptors (Lipinski definition) is 3. The predicted octanol–water partition coefficient (Wildman–Crippen LogP) is 2.80. The van der Waals surface area contributed by atoms with Gasteiger partial charge < -0.3 is 5.32 Å². The summed E-state index contributed by atoms with van der Waals surface area (Å²) in [5.74, 6) is 0. The normalized spacial score (nSPS) is 11.9. The quantitative estimate of drug-likeness (QED) is 0.826. The first-order chi connectivity index (χ1) is 6.14. The molecule has 1 heterocycles. The zero-order chi connectivity index (χ0) is 9.73. The van der Waals surface area contributed by atoms with Gasteiger partial charge in [0.25, 0.3) is 0 Å². The zero-order valence-electron chi connectivity index (χ0n) is 8.01. The van der Waals surface area contributed by atoms with Crippen LogP contribution in [0.5, 0.6) is 0 Å². The van der Waals surface area contributed by atoms with Crippen molar-refractivity contribution in [3.63, 3.8) is 0 Å². The van der Waals surface area contributed by atoms with E-state index in [9.17, 15) is 0 Å². The molecule has 0 amide bonds. The minimum atomic E-state index is 0.190. The van der Waals surface area contributed by atoms with Crippen molar-refractivity contribution in [2.24, 2.45) is 0 Å². The second kappa shape index (κ2) is 5.08. The Labute approximate surface area is 91.9 Å². The molecule has 0 aliphatic carbocycles. The van der Waals surface area contributed by atoms with Crippen molar-refractivity contribution in [3.8, 4) is 0 Å². The highest BCUT2D eigenvalue weighted by atomic mass is 79.9. The average molecular weight is 263 g/mol. The number of thiazole rings is 1. The number of hydrogen-bond donors (Lipinski definition) is 1. The largest absolute Gasteiger partial charge is 0.305 e. The van der Waals surface area contributed by atoms with Gasteiger partial charge in [-0.2, -0.15) is 0 Å². The number of nitrogens with zero attached hydrogens (tertiary/aromatic N) is 1. The smallest absolute Gasteiger partial charge is 0.106 e. The Morgan fingerprint density at radius 3 is 2.92 bits per heavy atom. The Balaban J connectivity index is 2.33. The highest BCUT2D eigenvalue weighted by Crippen LogP contribution is 2.12. The van der Waals surface area contributed by atoms with Crippen LogP contribution >= 0.6 is 27.3 Å². The molecule has 0 saturated carbocycles. The van der Waals surface area contributed by atoms with E-state index in [1.807, 2.05) is 11.6 Å². The molecule has 0 unspecified atom stereocenters. The van der Waals surface area contributed by atoms with E-state index in [0.29, 0.717) is 0 Å². The minimum absolute atomic E-state index is 0.190. The summed E-state index contributed by atoms with van der Waals surface area (Å²) >= 11 is 5.15. The van der Waals surface area contributed by atoms with Gasteiger partial charge in [-0.05, 0) is 20.3 Å². The van der Waals surface area contributed by atoms with Crippen molar-refractivity contribution in [2.75, 3.05) is 5.33 Å². The summed E-state index contributed by atoms with van der Waals surface area (Å²) in [5.41, 5.74) is 0.190. The molecule has 1 aromatic heterocycles. The molecular weight excluding hydrogens is 248 g/mol. The summed E-state index contributed by atoms with van der Waals surface area (Å²) in [7, 11) is 0. The standard InChI is InChI=1S/C9H15BrN2S/c1-9(2,3-4-10)12-7-8-11-5-6-13-8/h5-6,12H,3-4,7H2,1-2H3. The predicted molar refractivity (Wildman–Crippen MR) is 61.4 cm³/mol. The van der Waals surface area contributed by atoms with Crippen LogP contribution in [0.3, 0.4) is 0 Å². The molecule has 0 aliphatic rings. The van der Waals surface area contributed by atoms with E-state index in [4.69, 9.17) is 0 Å². The molecule has 0 spiro atoms. The third kappa shape index (κ3) is 4.20. The van der Waals surface area contributed by atoms with Gasteiger partial charge in [0.15, 0.2) is 0 Å². The van der Waals surface area contributed by atoms with Gasteiger partial charge in [-0.1, -0.05) is 15.9 Å². The maximum absolute atomic E-state index is 4.22. The molecular formula is C9H15BrN2S. The lowest BCUT2D eigenvalue weighted by atomic mass is 10.0. The van der Waals surface area contributed by atoms with Gasteiger partial charge in [-0.25, -0.2) is 4.98 Å².